The molecule has 0 unspecified atom stereocenters. The molecule has 0 saturated carbocycles. The van der Waals surface area contributed by atoms with Crippen LogP contribution >= 0.6 is 0 Å². The molecular formula is C25H20F3N5O2. The summed E-state index contributed by atoms with van der Waals surface area (Å²) in [6.07, 6.45) is 1.27. The van der Waals surface area contributed by atoms with Gasteiger partial charge in [-0.25, -0.2) is 14.8 Å². The van der Waals surface area contributed by atoms with Crippen molar-refractivity contribution < 1.29 is 22.7 Å². The molecule has 0 radical (unpaired) electrons. The van der Waals surface area contributed by atoms with Crippen LogP contribution in [0.4, 0.5) is 18.9 Å². The molecule has 1 N–H and O–H groups in total. The minimum atomic E-state index is -4.50. The van der Waals surface area contributed by atoms with Gasteiger partial charge in [-0.1, -0.05) is 6.08 Å². The molecule has 0 amide bonds. The number of hydrogen-bond acceptors (Lipinski definition) is 6. The largest absolute Gasteiger partial charge is 0.478 e. The van der Waals surface area contributed by atoms with Crippen molar-refractivity contribution in [3.05, 3.63) is 76.3 Å². The summed E-state index contributed by atoms with van der Waals surface area (Å²) in [7, 11) is 1.87. The van der Waals surface area contributed by atoms with E-state index in [4.69, 9.17) is 4.74 Å². The monoisotopic (exact) mass is 479 g/mol. The van der Waals surface area contributed by atoms with Gasteiger partial charge in [0, 0.05) is 42.3 Å². The van der Waals surface area contributed by atoms with Gasteiger partial charge in [0.25, 0.3) is 0 Å². The number of hydrogen-bond donors (Lipinski definition) is 1. The summed E-state index contributed by atoms with van der Waals surface area (Å²) in [5, 5.41) is 3.52. The number of pyridine rings is 1. The first-order chi connectivity index (χ1) is 16.8. The summed E-state index contributed by atoms with van der Waals surface area (Å²) in [5.74, 6) is 2.35. The normalized spacial score (nSPS) is 15.6. The van der Waals surface area contributed by atoms with E-state index in [2.05, 4.69) is 15.3 Å². The van der Waals surface area contributed by atoms with E-state index in [1.54, 1.807) is 29.6 Å². The van der Waals surface area contributed by atoms with Gasteiger partial charge >= 0.3 is 6.18 Å². The lowest BCUT2D eigenvalue weighted by Crippen LogP contribution is -2.42. The molecule has 0 spiro atoms. The Morgan fingerprint density at radius 3 is 2.71 bits per heavy atom. The van der Waals surface area contributed by atoms with Crippen molar-refractivity contribution in [2.75, 3.05) is 18.1 Å². The van der Waals surface area contributed by atoms with Crippen molar-refractivity contribution in [3.63, 3.8) is 0 Å². The van der Waals surface area contributed by atoms with Crippen LogP contribution in [0.5, 0.6) is 5.88 Å². The molecule has 35 heavy (non-hydrogen) atoms. The number of nitrogens with one attached hydrogen (secondary N) is 1. The van der Waals surface area contributed by atoms with Crippen LogP contribution in [0.15, 0.2) is 65.8 Å². The molecule has 4 heterocycles. The van der Waals surface area contributed by atoms with Crippen LogP contribution in [0.3, 0.4) is 0 Å². The number of carbonyl (C=O) groups excluding carboxylic acids is 1. The Kier molecular flexibility index (Phi) is 5.45. The summed E-state index contributed by atoms with van der Waals surface area (Å²) < 4.78 is 46.9. The highest BCUT2D eigenvalue weighted by Crippen LogP contribution is 2.33. The molecule has 0 saturated heterocycles. The average molecular weight is 479 g/mol. The van der Waals surface area contributed by atoms with Crippen LogP contribution in [0.2, 0.25) is 0 Å². The van der Waals surface area contributed by atoms with Crippen molar-refractivity contribution in [2.24, 2.45) is 7.05 Å². The van der Waals surface area contributed by atoms with Crippen LogP contribution < -0.4 is 25.5 Å². The van der Waals surface area contributed by atoms with E-state index >= 15 is 0 Å². The van der Waals surface area contributed by atoms with Gasteiger partial charge in [-0.3, -0.25) is 0 Å². The fourth-order valence-corrected chi connectivity index (χ4v) is 4.15. The Hall–Kier alpha value is -4.30. The number of aryl methyl sites for hydroxylation is 1. The van der Waals surface area contributed by atoms with Crippen LogP contribution in [-0.2, 0) is 11.8 Å². The fraction of sp³-hybridized carbons (Fsp3) is 0.200. The molecule has 2 aliphatic rings. The molecule has 178 valence electrons. The molecule has 3 aromatic rings. The van der Waals surface area contributed by atoms with Gasteiger partial charge in [-0.05, 0) is 42.8 Å². The highest BCUT2D eigenvalue weighted by atomic mass is 19.4. The van der Waals surface area contributed by atoms with E-state index in [-0.39, 0.29) is 12.2 Å². The lowest BCUT2D eigenvalue weighted by Gasteiger charge is -2.28. The second-order valence-corrected chi connectivity index (χ2v) is 8.00. The van der Waals surface area contributed by atoms with Gasteiger partial charge in [-0.15, -0.1) is 0 Å². The van der Waals surface area contributed by atoms with Crippen LogP contribution in [0, 0.1) is 0 Å². The van der Waals surface area contributed by atoms with E-state index in [9.17, 15) is 18.0 Å². The maximum absolute atomic E-state index is 13.2. The first-order valence-corrected chi connectivity index (χ1v) is 10.8. The molecular weight excluding hydrogens is 459 g/mol. The zero-order chi connectivity index (χ0) is 24.7. The van der Waals surface area contributed by atoms with Crippen molar-refractivity contribution in [3.8, 4) is 5.88 Å². The van der Waals surface area contributed by atoms with Crippen molar-refractivity contribution >= 4 is 34.4 Å². The Labute approximate surface area is 197 Å². The van der Waals surface area contributed by atoms with Crippen LogP contribution in [0.1, 0.15) is 6.92 Å². The van der Waals surface area contributed by atoms with E-state index < -0.39 is 11.9 Å². The van der Waals surface area contributed by atoms with Crippen molar-refractivity contribution in [2.45, 2.75) is 13.1 Å². The Morgan fingerprint density at radius 2 is 2.03 bits per heavy atom. The highest BCUT2D eigenvalue weighted by molar-refractivity contribution is 5.96. The lowest BCUT2D eigenvalue weighted by atomic mass is 9.96. The maximum atomic E-state index is 13.2. The third-order valence-electron chi connectivity index (χ3n) is 5.81. The first-order valence-electron chi connectivity index (χ1n) is 10.8. The molecule has 2 aliphatic heterocycles. The van der Waals surface area contributed by atoms with Gasteiger partial charge in [0.2, 0.25) is 5.88 Å². The van der Waals surface area contributed by atoms with E-state index in [0.717, 1.165) is 17.1 Å². The predicted molar refractivity (Wildman–Crippen MR) is 125 cm³/mol. The average Bonchev–Trinajstić information content (AvgIpc) is 3.22. The maximum Gasteiger partial charge on any atom is 0.430 e. The molecule has 5 rings (SSSR count). The number of halogens is 3. The Bertz CT molecular complexity index is 1580. The molecule has 10 heteroatoms. The zero-order valence-corrected chi connectivity index (χ0v) is 18.8. The number of ether oxygens (including phenoxy) is 1. The van der Waals surface area contributed by atoms with E-state index in [1.807, 2.05) is 42.7 Å². The van der Waals surface area contributed by atoms with Gasteiger partial charge in [-0.2, -0.15) is 13.2 Å². The van der Waals surface area contributed by atoms with E-state index in [0.29, 0.717) is 39.9 Å². The highest BCUT2D eigenvalue weighted by Gasteiger charge is 2.35. The molecule has 0 aliphatic carbocycles. The second-order valence-electron chi connectivity index (χ2n) is 8.00. The zero-order valence-electron chi connectivity index (χ0n) is 18.8. The third-order valence-corrected chi connectivity index (χ3v) is 5.81. The van der Waals surface area contributed by atoms with Crippen molar-refractivity contribution in [1.29, 1.82) is 0 Å². The van der Waals surface area contributed by atoms with Gasteiger partial charge < -0.3 is 19.5 Å². The summed E-state index contributed by atoms with van der Waals surface area (Å²) >= 11 is 0. The summed E-state index contributed by atoms with van der Waals surface area (Å²) in [6, 6.07) is 9.06. The van der Waals surface area contributed by atoms with Gasteiger partial charge in [0.15, 0.2) is 5.94 Å². The number of anilines is 1. The van der Waals surface area contributed by atoms with Gasteiger partial charge in [0.05, 0.1) is 29.3 Å². The Balaban J connectivity index is 1.74. The van der Waals surface area contributed by atoms with E-state index in [1.165, 1.54) is 6.08 Å². The molecule has 0 bridgehead atoms. The number of dihydropyridines is 1. The van der Waals surface area contributed by atoms with Crippen molar-refractivity contribution in [1.82, 2.24) is 19.9 Å². The smallest absolute Gasteiger partial charge is 0.430 e. The lowest BCUT2D eigenvalue weighted by molar-refractivity contribution is -0.0966. The molecule has 7 nitrogen and oxygen atoms in total. The predicted octanol–water partition coefficient (Wildman–Crippen LogP) is 2.47. The van der Waals surface area contributed by atoms with Crippen LogP contribution in [-0.4, -0.2) is 39.8 Å². The molecule has 2 aromatic heterocycles. The van der Waals surface area contributed by atoms with Gasteiger partial charge in [0.1, 0.15) is 11.4 Å². The Morgan fingerprint density at radius 1 is 1.20 bits per heavy atom. The summed E-state index contributed by atoms with van der Waals surface area (Å²) in [5.41, 5.74) is 2.46. The molecule has 0 fully saturated rings. The molecule has 1 aromatic carbocycles. The fourth-order valence-electron chi connectivity index (χ4n) is 4.15. The number of allylic oxidation sites excluding steroid dienone is 4. The number of alkyl halides is 3. The standard InChI is InChI=1S/C25H20F3N5O2/c1-3-35-22-9-5-16-12-33(17-6-7-18-19(10-17)32(2)14-30-18)20(13-34)23(24(16)31-22)15-4-8-21(29-11-15)25(26,27)28/h4-10,12,14,29H,3,11H2,1-2H3. The minimum Gasteiger partial charge on any atom is -0.478 e. The number of benzene rings is 1. The second kappa shape index (κ2) is 8.48. The topological polar surface area (TPSA) is 72.3 Å². The first kappa shape index (κ1) is 22.5. The number of imidazole rings is 1. The SMILES string of the molecule is CCOc1ccc2c(n1)=C(C1=CC=C(C(F)(F)F)NC1)C(=C=O)N(c1ccc3ncn(C)c3c1)C=2. The number of aromatic nitrogens is 3. The number of rotatable bonds is 4. The quantitative estimate of drug-likeness (QED) is 0.580. The number of fused-ring (bicyclic) bond motifs is 2. The summed E-state index contributed by atoms with van der Waals surface area (Å²) in [4.78, 5) is 22.9. The minimum absolute atomic E-state index is 0.136. The van der Waals surface area contributed by atoms with Crippen LogP contribution in [0.25, 0.3) is 22.8 Å². The summed E-state index contributed by atoms with van der Waals surface area (Å²) in [6.45, 7) is 2.07. The number of nitrogens with zero attached hydrogens (tertiary/aromatic N) is 4. The molecule has 0 atom stereocenters. The third kappa shape index (κ3) is 3.98.